The summed E-state index contributed by atoms with van der Waals surface area (Å²) in [4.78, 5) is 27.6. The number of nitroso groups, excluding NO2 is 1. The Balaban J connectivity index is 0.00000225. The third-order valence-electron chi connectivity index (χ3n) is 4.63. The van der Waals surface area contributed by atoms with Gasteiger partial charge >= 0.3 is 0 Å². The normalized spacial score (nSPS) is 15.6. The topological polar surface area (TPSA) is 88.1 Å². The molecule has 0 fully saturated rings. The van der Waals surface area contributed by atoms with Gasteiger partial charge in [-0.15, -0.1) is 12.4 Å². The number of nitro groups is 1. The van der Waals surface area contributed by atoms with Crippen molar-refractivity contribution in [1.29, 1.82) is 0 Å². The lowest BCUT2D eigenvalue weighted by atomic mass is 10.1. The minimum absolute atomic E-state index is 0. The number of halogens is 1. The van der Waals surface area contributed by atoms with Crippen molar-refractivity contribution in [2.45, 2.75) is 12.5 Å². The Kier molecular flexibility index (Phi) is 5.65. The van der Waals surface area contributed by atoms with Gasteiger partial charge in [-0.1, -0.05) is 30.3 Å². The number of anilines is 1. The van der Waals surface area contributed by atoms with Crippen LogP contribution in [-0.2, 0) is 0 Å². The first-order valence-electron chi connectivity index (χ1n) is 8.65. The van der Waals surface area contributed by atoms with E-state index in [0.717, 1.165) is 15.7 Å². The van der Waals surface area contributed by atoms with Crippen LogP contribution in [-0.4, -0.2) is 27.3 Å². The second-order valence-corrected chi connectivity index (χ2v) is 6.30. The zero-order valence-electron chi connectivity index (χ0n) is 14.8. The molecule has 0 amide bonds. The molecule has 1 aliphatic heterocycles. The Morgan fingerprint density at radius 3 is 2.68 bits per heavy atom. The van der Waals surface area contributed by atoms with Crippen LogP contribution in [0.1, 0.15) is 6.42 Å². The molecule has 2 aromatic carbocycles. The minimum atomic E-state index is -0.391. The fourth-order valence-electron chi connectivity index (χ4n) is 3.35. The second kappa shape index (κ2) is 8.14. The molecule has 2 heterocycles. The first-order valence-corrected chi connectivity index (χ1v) is 8.65. The van der Waals surface area contributed by atoms with Crippen LogP contribution >= 0.6 is 12.4 Å². The van der Waals surface area contributed by atoms with Gasteiger partial charge in [0.2, 0.25) is 12.2 Å². The Labute approximate surface area is 166 Å². The van der Waals surface area contributed by atoms with Gasteiger partial charge in [-0.05, 0) is 18.2 Å². The molecule has 1 N–H and O–H groups in total. The first kappa shape index (κ1) is 19.4. The van der Waals surface area contributed by atoms with Gasteiger partial charge in [0.05, 0.1) is 21.6 Å². The number of nitrogens with zero attached hydrogens (tertiary/aromatic N) is 3. The Hall–Kier alpha value is -3.32. The van der Waals surface area contributed by atoms with Crippen molar-refractivity contribution in [3.05, 3.63) is 81.9 Å². The summed E-state index contributed by atoms with van der Waals surface area (Å²) >= 11 is 0. The average molecular weight is 398 g/mol. The fourth-order valence-corrected chi connectivity index (χ4v) is 3.35. The summed E-state index contributed by atoms with van der Waals surface area (Å²) in [6.07, 6.45) is 7.46. The molecular weight excluding hydrogens is 380 g/mol. The number of pyridine rings is 1. The van der Waals surface area contributed by atoms with E-state index < -0.39 is 4.92 Å². The predicted octanol–water partition coefficient (Wildman–Crippen LogP) is 4.75. The van der Waals surface area contributed by atoms with Gasteiger partial charge in [0.15, 0.2) is 0 Å². The Bertz CT molecular complexity index is 1130. The molecule has 4 rings (SSSR count). The molecule has 8 heteroatoms. The van der Waals surface area contributed by atoms with Gasteiger partial charge in [-0.25, -0.2) is 4.98 Å². The zero-order valence-corrected chi connectivity index (χ0v) is 15.6. The van der Waals surface area contributed by atoms with E-state index in [1.807, 2.05) is 36.4 Å². The number of benzene rings is 2. The van der Waals surface area contributed by atoms with Crippen molar-refractivity contribution in [3.63, 3.8) is 0 Å². The summed E-state index contributed by atoms with van der Waals surface area (Å²) in [6.45, 7) is 0.497. The molecule has 0 saturated heterocycles. The van der Waals surface area contributed by atoms with E-state index in [4.69, 9.17) is 0 Å². The summed E-state index contributed by atoms with van der Waals surface area (Å²) in [7, 11) is 0. The van der Waals surface area contributed by atoms with Crippen molar-refractivity contribution < 1.29 is 9.68 Å². The maximum absolute atomic E-state index is 11.9. The molecule has 1 aliphatic rings. The third-order valence-corrected chi connectivity index (χ3v) is 4.63. The maximum atomic E-state index is 11.9. The van der Waals surface area contributed by atoms with E-state index in [9.17, 15) is 15.0 Å². The van der Waals surface area contributed by atoms with Crippen LogP contribution in [0.2, 0.25) is 0 Å². The first-order chi connectivity index (χ1) is 13.1. The van der Waals surface area contributed by atoms with Crippen LogP contribution in [0.3, 0.4) is 0 Å². The lowest BCUT2D eigenvalue weighted by molar-refractivity contribution is -0.510. The molecule has 0 spiro atoms. The molecule has 1 atom stereocenters. The molecule has 0 radical (unpaired) electrons. The summed E-state index contributed by atoms with van der Waals surface area (Å²) in [5.74, 6) is 0. The van der Waals surface area contributed by atoms with Crippen LogP contribution in [0.25, 0.3) is 21.8 Å². The lowest BCUT2D eigenvalue weighted by Gasteiger charge is -2.14. The van der Waals surface area contributed by atoms with Gasteiger partial charge in [-0.2, -0.15) is 0 Å². The largest absolute Gasteiger partial charge is 0.383 e. The molecule has 28 heavy (non-hydrogen) atoms. The number of nitro benzene ring substituents is 1. The van der Waals surface area contributed by atoms with Crippen molar-refractivity contribution in [2.24, 2.45) is 0 Å². The SMILES string of the molecule is Cl.O=[N+]([O-])c1cccc2nc3ccccc3c(NCCC3C=CC=C[N+]3=O)c12. The van der Waals surface area contributed by atoms with Gasteiger partial charge in [-0.3, -0.25) is 10.1 Å². The number of hydrogen-bond donors (Lipinski definition) is 1. The summed E-state index contributed by atoms with van der Waals surface area (Å²) in [5, 5.41) is 16.2. The molecule has 0 bridgehead atoms. The molecule has 7 nitrogen and oxygen atoms in total. The van der Waals surface area contributed by atoms with Crippen LogP contribution in [0.5, 0.6) is 0 Å². The fraction of sp³-hybridized carbons (Fsp3) is 0.150. The molecule has 1 unspecified atom stereocenters. The summed E-state index contributed by atoms with van der Waals surface area (Å²) in [6, 6.07) is 12.2. The Morgan fingerprint density at radius 1 is 1.11 bits per heavy atom. The van der Waals surface area contributed by atoms with Gasteiger partial charge < -0.3 is 5.32 Å². The van der Waals surface area contributed by atoms with Gasteiger partial charge in [0, 0.05) is 40.2 Å². The summed E-state index contributed by atoms with van der Waals surface area (Å²) < 4.78 is 0.910. The number of rotatable bonds is 5. The predicted molar refractivity (Wildman–Crippen MR) is 112 cm³/mol. The van der Waals surface area contributed by atoms with E-state index in [0.29, 0.717) is 29.6 Å². The molecule has 0 aliphatic carbocycles. The van der Waals surface area contributed by atoms with Gasteiger partial charge in [0.25, 0.3) is 5.69 Å². The smallest absolute Gasteiger partial charge is 0.280 e. The van der Waals surface area contributed by atoms with Crippen LogP contribution in [0, 0.1) is 15.0 Å². The van der Waals surface area contributed by atoms with Gasteiger partial charge in [0.1, 0.15) is 5.39 Å². The number of para-hydroxylation sites is 1. The monoisotopic (exact) mass is 397 g/mol. The maximum Gasteiger partial charge on any atom is 0.280 e. The van der Waals surface area contributed by atoms with E-state index in [-0.39, 0.29) is 24.1 Å². The molecule has 142 valence electrons. The van der Waals surface area contributed by atoms with Crippen molar-refractivity contribution in [2.75, 3.05) is 11.9 Å². The minimum Gasteiger partial charge on any atom is -0.383 e. The van der Waals surface area contributed by atoms with Crippen LogP contribution in [0.15, 0.2) is 66.9 Å². The molecule has 0 saturated carbocycles. The number of nitrogens with one attached hydrogen (secondary N) is 1. The van der Waals surface area contributed by atoms with E-state index in [1.165, 1.54) is 12.3 Å². The highest BCUT2D eigenvalue weighted by Crippen LogP contribution is 2.36. The Morgan fingerprint density at radius 2 is 1.89 bits per heavy atom. The third kappa shape index (κ3) is 3.57. The number of allylic oxidation sites excluding steroid dienone is 2. The van der Waals surface area contributed by atoms with Crippen molar-refractivity contribution in [1.82, 2.24) is 4.98 Å². The van der Waals surface area contributed by atoms with E-state index >= 15 is 0 Å². The van der Waals surface area contributed by atoms with E-state index in [1.54, 1.807) is 18.2 Å². The van der Waals surface area contributed by atoms with Crippen molar-refractivity contribution in [3.8, 4) is 0 Å². The lowest BCUT2D eigenvalue weighted by Crippen LogP contribution is -2.22. The van der Waals surface area contributed by atoms with Crippen molar-refractivity contribution >= 4 is 45.6 Å². The number of aromatic nitrogens is 1. The number of fused-ring (bicyclic) bond motifs is 2. The van der Waals surface area contributed by atoms with E-state index in [2.05, 4.69) is 10.3 Å². The average Bonchev–Trinajstić information content (AvgIpc) is 2.68. The highest BCUT2D eigenvalue weighted by Gasteiger charge is 2.23. The second-order valence-electron chi connectivity index (χ2n) is 6.30. The molecule has 1 aromatic heterocycles. The molecule has 3 aromatic rings. The van der Waals surface area contributed by atoms with Crippen LogP contribution < -0.4 is 5.32 Å². The number of hydrogen-bond acceptors (Lipinski definition) is 5. The van der Waals surface area contributed by atoms with Crippen LogP contribution in [0.4, 0.5) is 11.4 Å². The zero-order chi connectivity index (χ0) is 18.8. The highest BCUT2D eigenvalue weighted by molar-refractivity contribution is 6.11. The molecular formula is C20H18ClN4O3+. The quantitative estimate of drug-likeness (QED) is 0.290. The number of non-ortho nitro benzene ring substituents is 1. The standard InChI is InChI=1S/C20H17N4O3.ClH/c25-23-13-4-3-6-14(23)11-12-21-20-15-7-1-2-8-16(15)22-17-9-5-10-18(19(17)20)24(26)27;/h1-10,13-14H,11-12H2,(H,21,22);1H/q+1;. The summed E-state index contributed by atoms with van der Waals surface area (Å²) in [5.41, 5.74) is 2.02. The highest BCUT2D eigenvalue weighted by atomic mass is 35.5.